The highest BCUT2D eigenvalue weighted by Crippen LogP contribution is 2.61. The normalized spacial score (nSPS) is 24.0. The summed E-state index contributed by atoms with van der Waals surface area (Å²) >= 11 is 4.96. The van der Waals surface area contributed by atoms with Gasteiger partial charge in [0.05, 0.1) is 28.1 Å². The summed E-state index contributed by atoms with van der Waals surface area (Å²) in [5.41, 5.74) is 0. The third-order valence-electron chi connectivity index (χ3n) is 3.03. The molecule has 0 amide bonds. The first-order valence-corrected chi connectivity index (χ1v) is 9.29. The van der Waals surface area contributed by atoms with E-state index in [1.807, 2.05) is 0 Å². The molecule has 0 N–H and O–H groups in total. The Hall–Kier alpha value is -1.22. The quantitative estimate of drug-likeness (QED) is 0.608. The highest BCUT2D eigenvalue weighted by molar-refractivity contribution is 8.35. The van der Waals surface area contributed by atoms with E-state index in [2.05, 4.69) is 0 Å². The van der Waals surface area contributed by atoms with Crippen molar-refractivity contribution >= 4 is 70.2 Å². The molecule has 0 aromatic carbocycles. The molecule has 0 atom stereocenters. The number of carbonyl (C=O) groups is 4. The Balaban J connectivity index is 1.65. The fraction of sp³-hybridized carbons (Fsp3) is 0. The summed E-state index contributed by atoms with van der Waals surface area (Å²) in [7, 11) is 0. The first-order valence-electron chi connectivity index (χ1n) is 6.02. The number of hydrogen-bond acceptors (Lipinski definition) is 8. The monoisotopic (exact) mass is 364 g/mol. The van der Waals surface area contributed by atoms with Crippen LogP contribution in [0.5, 0.6) is 0 Å². The zero-order valence-electron chi connectivity index (χ0n) is 10.6. The van der Waals surface area contributed by atoms with Crippen LogP contribution in [0, 0.1) is 0 Å². The topological polar surface area (TPSA) is 68.3 Å². The molecule has 0 aromatic rings. The molecule has 4 aliphatic rings. The molecule has 4 nitrogen and oxygen atoms in total. The smallest absolute Gasteiger partial charge is 0.193 e. The molecule has 0 saturated carbocycles. The lowest BCUT2D eigenvalue weighted by atomic mass is 10.2. The molecule has 0 radical (unpaired) electrons. The van der Waals surface area contributed by atoms with Crippen LogP contribution in [0.1, 0.15) is 0 Å². The Labute approximate surface area is 141 Å². The third-order valence-corrected chi connectivity index (χ3v) is 8.80. The number of thioether (sulfide) groups is 4. The standard InChI is InChI=1S/C14H4O4S4/c15-5-1-2-6(16)10-9(5)19-13(20-10)14-21-11-7(17)3-4-8(18)12(11)22-14/h1-4H. The number of allylic oxidation sites excluding steroid dienone is 8. The lowest BCUT2D eigenvalue weighted by molar-refractivity contribution is -0.114. The van der Waals surface area contributed by atoms with Crippen molar-refractivity contribution in [3.63, 3.8) is 0 Å². The second kappa shape index (κ2) is 5.16. The molecule has 2 aliphatic carbocycles. The lowest BCUT2D eigenvalue weighted by Crippen LogP contribution is -2.07. The van der Waals surface area contributed by atoms with Gasteiger partial charge in [0.2, 0.25) is 0 Å². The highest BCUT2D eigenvalue weighted by atomic mass is 32.2. The maximum atomic E-state index is 11.8. The zero-order chi connectivity index (χ0) is 15.4. The second-order valence-electron chi connectivity index (χ2n) is 4.42. The average molecular weight is 364 g/mol. The SMILES string of the molecule is O=C1C=CC(=O)C2=C1SC(=C1SC3=C(S1)C(=O)C=CC3=O)S2. The van der Waals surface area contributed by atoms with Crippen molar-refractivity contribution in [3.8, 4) is 0 Å². The van der Waals surface area contributed by atoms with E-state index in [4.69, 9.17) is 0 Å². The minimum Gasteiger partial charge on any atom is -0.289 e. The zero-order valence-corrected chi connectivity index (χ0v) is 13.8. The predicted octanol–water partition coefficient (Wildman–Crippen LogP) is 2.91. The van der Waals surface area contributed by atoms with Crippen molar-refractivity contribution in [2.45, 2.75) is 0 Å². The summed E-state index contributed by atoms with van der Waals surface area (Å²) in [6.45, 7) is 0. The van der Waals surface area contributed by atoms with Crippen molar-refractivity contribution in [1.82, 2.24) is 0 Å². The van der Waals surface area contributed by atoms with Crippen molar-refractivity contribution < 1.29 is 19.2 Å². The minimum absolute atomic E-state index is 0.178. The molecule has 2 heterocycles. The van der Waals surface area contributed by atoms with Crippen LogP contribution in [0.4, 0.5) is 0 Å². The summed E-state index contributed by atoms with van der Waals surface area (Å²) in [5, 5.41) is 0. The van der Waals surface area contributed by atoms with E-state index in [1.165, 1.54) is 71.4 Å². The van der Waals surface area contributed by atoms with Gasteiger partial charge in [-0.15, -0.1) is 0 Å². The van der Waals surface area contributed by atoms with Crippen LogP contribution >= 0.6 is 47.0 Å². The van der Waals surface area contributed by atoms with E-state index in [0.717, 1.165) is 8.47 Å². The second-order valence-corrected chi connectivity index (χ2v) is 9.02. The highest BCUT2D eigenvalue weighted by Gasteiger charge is 2.38. The molecular formula is C14H4O4S4. The molecular weight excluding hydrogens is 360 g/mol. The van der Waals surface area contributed by atoms with Crippen molar-refractivity contribution in [2.75, 3.05) is 0 Å². The number of rotatable bonds is 0. The van der Waals surface area contributed by atoms with Gasteiger partial charge in [0.15, 0.2) is 23.1 Å². The Morgan fingerprint density at radius 2 is 0.682 bits per heavy atom. The largest absolute Gasteiger partial charge is 0.289 e. The van der Waals surface area contributed by atoms with Crippen LogP contribution in [0.25, 0.3) is 0 Å². The summed E-state index contributed by atoms with van der Waals surface area (Å²) in [6.07, 6.45) is 5.10. The molecule has 0 fully saturated rings. The molecule has 2 aliphatic heterocycles. The molecule has 0 aromatic heterocycles. The van der Waals surface area contributed by atoms with Gasteiger partial charge in [-0.2, -0.15) is 0 Å². The minimum atomic E-state index is -0.178. The van der Waals surface area contributed by atoms with Crippen molar-refractivity contribution in [1.29, 1.82) is 0 Å². The Morgan fingerprint density at radius 3 is 0.909 bits per heavy atom. The number of ketones is 4. The van der Waals surface area contributed by atoms with Gasteiger partial charge >= 0.3 is 0 Å². The van der Waals surface area contributed by atoms with E-state index in [9.17, 15) is 19.2 Å². The fourth-order valence-electron chi connectivity index (χ4n) is 2.02. The van der Waals surface area contributed by atoms with E-state index in [1.54, 1.807) is 0 Å². The Kier molecular flexibility index (Phi) is 3.37. The molecule has 0 unspecified atom stereocenters. The van der Waals surface area contributed by atoms with E-state index >= 15 is 0 Å². The third kappa shape index (κ3) is 2.13. The molecule has 4 rings (SSSR count). The van der Waals surface area contributed by atoms with Crippen LogP contribution in [0.15, 0.2) is 52.4 Å². The van der Waals surface area contributed by atoms with Gasteiger partial charge in [-0.25, -0.2) is 0 Å². The first-order chi connectivity index (χ1) is 10.5. The van der Waals surface area contributed by atoms with Crippen molar-refractivity contribution in [2.24, 2.45) is 0 Å². The van der Waals surface area contributed by atoms with Crippen LogP contribution < -0.4 is 0 Å². The molecule has 0 spiro atoms. The predicted molar refractivity (Wildman–Crippen MR) is 89.8 cm³/mol. The number of carbonyl (C=O) groups excluding carboxylic acids is 4. The van der Waals surface area contributed by atoms with Gasteiger partial charge in [0.1, 0.15) is 0 Å². The van der Waals surface area contributed by atoms with Gasteiger partial charge in [-0.05, 0) is 24.3 Å². The van der Waals surface area contributed by atoms with Crippen LogP contribution in [0.2, 0.25) is 0 Å². The maximum absolute atomic E-state index is 11.8. The summed E-state index contributed by atoms with van der Waals surface area (Å²) < 4.78 is 1.56. The molecule has 108 valence electrons. The molecule has 22 heavy (non-hydrogen) atoms. The van der Waals surface area contributed by atoms with Crippen LogP contribution in [-0.4, -0.2) is 23.1 Å². The van der Waals surface area contributed by atoms with Gasteiger partial charge in [0, 0.05) is 0 Å². The molecule has 0 bridgehead atoms. The van der Waals surface area contributed by atoms with Crippen molar-refractivity contribution in [3.05, 3.63) is 52.4 Å². The molecule has 8 heteroatoms. The Bertz CT molecular complexity index is 720. The van der Waals surface area contributed by atoms with Crippen LogP contribution in [0.3, 0.4) is 0 Å². The summed E-state index contributed by atoms with van der Waals surface area (Å²) in [4.78, 5) is 49.1. The maximum Gasteiger partial charge on any atom is 0.193 e. The van der Waals surface area contributed by atoms with Gasteiger partial charge in [0.25, 0.3) is 0 Å². The van der Waals surface area contributed by atoms with E-state index in [-0.39, 0.29) is 23.1 Å². The fourth-order valence-corrected chi connectivity index (χ4v) is 7.37. The van der Waals surface area contributed by atoms with E-state index in [0.29, 0.717) is 19.6 Å². The van der Waals surface area contributed by atoms with Gasteiger partial charge in [-0.3, -0.25) is 19.2 Å². The lowest BCUT2D eigenvalue weighted by Gasteiger charge is -2.01. The Morgan fingerprint density at radius 1 is 0.455 bits per heavy atom. The number of hydrogen-bond donors (Lipinski definition) is 0. The van der Waals surface area contributed by atoms with Gasteiger partial charge < -0.3 is 0 Å². The van der Waals surface area contributed by atoms with E-state index < -0.39 is 0 Å². The average Bonchev–Trinajstić information content (AvgIpc) is 3.12. The summed E-state index contributed by atoms with van der Waals surface area (Å²) in [6, 6.07) is 0. The molecule has 0 saturated heterocycles. The summed E-state index contributed by atoms with van der Waals surface area (Å²) in [5.74, 6) is -0.714. The first kappa shape index (κ1) is 14.4. The van der Waals surface area contributed by atoms with Gasteiger partial charge in [-0.1, -0.05) is 47.0 Å². The van der Waals surface area contributed by atoms with Crippen LogP contribution in [-0.2, 0) is 19.2 Å².